The zero-order valence-corrected chi connectivity index (χ0v) is 25.4. The van der Waals surface area contributed by atoms with Gasteiger partial charge in [-0.3, -0.25) is 0 Å². The molecule has 0 radical (unpaired) electrons. The topological polar surface area (TPSA) is 58.9 Å². The number of hydrogen-bond acceptors (Lipinski definition) is 4. The highest BCUT2D eigenvalue weighted by molar-refractivity contribution is 5.58. The zero-order chi connectivity index (χ0) is 31.2. The number of benzene rings is 6. The van der Waals surface area contributed by atoms with Crippen molar-refractivity contribution in [2.24, 2.45) is 0 Å². The number of aromatic hydroxyl groups is 2. The van der Waals surface area contributed by atoms with Crippen molar-refractivity contribution in [3.63, 3.8) is 0 Å². The SMILES string of the molecule is COc1cc(O)c(C(c2ccccc2)c2ccccc2)cc1Cc1cc(C(c2ccccc2)c2ccccc2)c(O)cc1OC. The van der Waals surface area contributed by atoms with Gasteiger partial charge in [-0.15, -0.1) is 0 Å². The molecule has 4 heteroatoms. The van der Waals surface area contributed by atoms with Gasteiger partial charge in [0.15, 0.2) is 0 Å². The van der Waals surface area contributed by atoms with Crippen molar-refractivity contribution in [2.75, 3.05) is 14.2 Å². The van der Waals surface area contributed by atoms with E-state index in [0.717, 1.165) is 44.5 Å². The van der Waals surface area contributed by atoms with Crippen LogP contribution in [0.1, 0.15) is 56.3 Å². The monoisotopic (exact) mass is 592 g/mol. The minimum atomic E-state index is -0.185. The molecule has 0 fully saturated rings. The summed E-state index contributed by atoms with van der Waals surface area (Å²) in [6, 6.07) is 48.3. The number of hydrogen-bond donors (Lipinski definition) is 2. The minimum absolute atomic E-state index is 0.167. The maximum atomic E-state index is 11.4. The number of rotatable bonds is 10. The van der Waals surface area contributed by atoms with E-state index < -0.39 is 0 Å². The van der Waals surface area contributed by atoms with Crippen LogP contribution in [0.15, 0.2) is 146 Å². The van der Waals surface area contributed by atoms with E-state index in [4.69, 9.17) is 9.47 Å². The summed E-state index contributed by atoms with van der Waals surface area (Å²) in [4.78, 5) is 0. The van der Waals surface area contributed by atoms with Gasteiger partial charge >= 0.3 is 0 Å². The number of methoxy groups -OCH3 is 2. The second kappa shape index (κ2) is 13.4. The highest BCUT2D eigenvalue weighted by Crippen LogP contribution is 2.43. The summed E-state index contributed by atoms with van der Waals surface area (Å²) in [7, 11) is 3.23. The summed E-state index contributed by atoms with van der Waals surface area (Å²) in [5.74, 6) is 1.12. The van der Waals surface area contributed by atoms with E-state index in [1.165, 1.54) is 0 Å². The smallest absolute Gasteiger partial charge is 0.126 e. The number of phenols is 2. The molecular weight excluding hydrogens is 556 g/mol. The van der Waals surface area contributed by atoms with Gasteiger partial charge in [0.1, 0.15) is 23.0 Å². The van der Waals surface area contributed by atoms with E-state index >= 15 is 0 Å². The lowest BCUT2D eigenvalue weighted by Gasteiger charge is -2.23. The van der Waals surface area contributed by atoms with Crippen molar-refractivity contribution in [3.8, 4) is 23.0 Å². The van der Waals surface area contributed by atoms with Crippen LogP contribution in [-0.4, -0.2) is 24.4 Å². The van der Waals surface area contributed by atoms with E-state index in [2.05, 4.69) is 48.5 Å². The average molecular weight is 593 g/mol. The molecule has 0 bridgehead atoms. The van der Waals surface area contributed by atoms with Crippen molar-refractivity contribution in [1.29, 1.82) is 0 Å². The Bertz CT molecular complexity index is 1640. The first-order chi connectivity index (χ1) is 22.1. The van der Waals surface area contributed by atoms with Crippen LogP contribution < -0.4 is 9.47 Å². The Labute approximate surface area is 264 Å². The van der Waals surface area contributed by atoms with E-state index in [1.54, 1.807) is 26.4 Å². The van der Waals surface area contributed by atoms with Crippen LogP contribution in [0.2, 0.25) is 0 Å². The van der Waals surface area contributed by atoms with E-state index in [-0.39, 0.29) is 23.3 Å². The molecule has 6 aromatic carbocycles. The number of ether oxygens (including phenoxy) is 2. The Morgan fingerprint density at radius 2 is 0.733 bits per heavy atom. The second-order valence-electron chi connectivity index (χ2n) is 11.1. The molecule has 0 heterocycles. The number of phenolic OH excluding ortho intramolecular Hbond substituents is 2. The fourth-order valence-corrected chi connectivity index (χ4v) is 6.28. The highest BCUT2D eigenvalue weighted by atomic mass is 16.5. The Balaban J connectivity index is 1.49. The molecule has 0 atom stereocenters. The lowest BCUT2D eigenvalue weighted by atomic mass is 9.82. The third-order valence-electron chi connectivity index (χ3n) is 8.39. The molecule has 0 spiro atoms. The van der Waals surface area contributed by atoms with Gasteiger partial charge in [0.25, 0.3) is 0 Å². The maximum Gasteiger partial charge on any atom is 0.126 e. The molecule has 224 valence electrons. The van der Waals surface area contributed by atoms with Gasteiger partial charge < -0.3 is 19.7 Å². The molecule has 0 aliphatic rings. The normalized spacial score (nSPS) is 11.1. The molecule has 45 heavy (non-hydrogen) atoms. The van der Waals surface area contributed by atoms with Crippen LogP contribution in [0.5, 0.6) is 23.0 Å². The van der Waals surface area contributed by atoms with Crippen LogP contribution >= 0.6 is 0 Å². The van der Waals surface area contributed by atoms with Crippen LogP contribution in [0, 0.1) is 0 Å². The van der Waals surface area contributed by atoms with Crippen LogP contribution in [0.3, 0.4) is 0 Å². The van der Waals surface area contributed by atoms with Gasteiger partial charge in [-0.1, -0.05) is 121 Å². The fraction of sp³-hybridized carbons (Fsp3) is 0.122. The minimum Gasteiger partial charge on any atom is -0.507 e. The van der Waals surface area contributed by atoms with Crippen molar-refractivity contribution in [1.82, 2.24) is 0 Å². The van der Waals surface area contributed by atoms with Crippen molar-refractivity contribution < 1.29 is 19.7 Å². The van der Waals surface area contributed by atoms with Gasteiger partial charge in [-0.05, 0) is 45.5 Å². The van der Waals surface area contributed by atoms with Crippen molar-refractivity contribution in [3.05, 3.63) is 190 Å². The Morgan fingerprint density at radius 3 is 1.00 bits per heavy atom. The summed E-state index contributed by atoms with van der Waals surface area (Å²) < 4.78 is 11.6. The summed E-state index contributed by atoms with van der Waals surface area (Å²) in [6.07, 6.45) is 0.458. The molecule has 6 rings (SSSR count). The first kappa shape index (κ1) is 29.6. The van der Waals surface area contributed by atoms with Gasteiger partial charge in [0, 0.05) is 41.5 Å². The van der Waals surface area contributed by atoms with Crippen LogP contribution in [0.4, 0.5) is 0 Å². The van der Waals surface area contributed by atoms with Gasteiger partial charge in [0.05, 0.1) is 14.2 Å². The van der Waals surface area contributed by atoms with E-state index in [0.29, 0.717) is 17.9 Å². The van der Waals surface area contributed by atoms with E-state index in [1.807, 2.05) is 84.9 Å². The molecular formula is C41H36O4. The maximum absolute atomic E-state index is 11.4. The van der Waals surface area contributed by atoms with Gasteiger partial charge in [-0.25, -0.2) is 0 Å². The largest absolute Gasteiger partial charge is 0.507 e. The predicted octanol–water partition coefficient (Wildman–Crippen LogP) is 9.07. The first-order valence-corrected chi connectivity index (χ1v) is 15.1. The van der Waals surface area contributed by atoms with E-state index in [9.17, 15) is 10.2 Å². The van der Waals surface area contributed by atoms with Gasteiger partial charge in [-0.2, -0.15) is 0 Å². The second-order valence-corrected chi connectivity index (χ2v) is 11.1. The first-order valence-electron chi connectivity index (χ1n) is 15.1. The fourth-order valence-electron chi connectivity index (χ4n) is 6.28. The molecule has 0 aliphatic carbocycles. The summed E-state index contributed by atoms with van der Waals surface area (Å²) in [5, 5.41) is 22.7. The molecule has 2 N–H and O–H groups in total. The third kappa shape index (κ3) is 6.27. The average Bonchev–Trinajstić information content (AvgIpc) is 3.09. The Kier molecular flexibility index (Phi) is 8.84. The zero-order valence-electron chi connectivity index (χ0n) is 25.4. The predicted molar refractivity (Wildman–Crippen MR) is 180 cm³/mol. The molecule has 6 aromatic rings. The molecule has 0 aliphatic heterocycles. The molecule has 0 saturated carbocycles. The van der Waals surface area contributed by atoms with Crippen LogP contribution in [0.25, 0.3) is 0 Å². The summed E-state index contributed by atoms with van der Waals surface area (Å²) in [6.45, 7) is 0. The highest BCUT2D eigenvalue weighted by Gasteiger charge is 2.25. The third-order valence-corrected chi connectivity index (χ3v) is 8.39. The summed E-state index contributed by atoms with van der Waals surface area (Å²) >= 11 is 0. The Hall–Kier alpha value is -5.48. The molecule has 0 amide bonds. The van der Waals surface area contributed by atoms with Crippen molar-refractivity contribution >= 4 is 0 Å². The summed E-state index contributed by atoms with van der Waals surface area (Å²) in [5.41, 5.74) is 7.67. The lowest BCUT2D eigenvalue weighted by molar-refractivity contribution is 0.397. The van der Waals surface area contributed by atoms with Gasteiger partial charge in [0.2, 0.25) is 0 Å². The van der Waals surface area contributed by atoms with Crippen molar-refractivity contribution in [2.45, 2.75) is 18.3 Å². The molecule has 0 aromatic heterocycles. The standard InChI is InChI=1S/C41H36O4/c1-44-38-26-36(42)34(40(28-15-7-3-8-16-28)29-17-9-4-10-18-29)24-32(38)23-33-25-35(37(43)27-39(33)45-2)41(30-19-11-5-12-20-30)31-21-13-6-14-22-31/h3-22,24-27,40-43H,23H2,1-2H3. The lowest BCUT2D eigenvalue weighted by Crippen LogP contribution is -2.07. The Morgan fingerprint density at radius 1 is 0.444 bits per heavy atom. The quantitative estimate of drug-likeness (QED) is 0.156. The van der Waals surface area contributed by atoms with Crippen LogP contribution in [-0.2, 0) is 6.42 Å². The molecule has 0 saturated heterocycles. The molecule has 4 nitrogen and oxygen atoms in total. The molecule has 0 unspecified atom stereocenters.